The summed E-state index contributed by atoms with van der Waals surface area (Å²) in [7, 11) is 3.27. The molecule has 0 saturated carbocycles. The molecule has 2 aromatic heterocycles. The van der Waals surface area contributed by atoms with E-state index in [4.69, 9.17) is 9.47 Å². The van der Waals surface area contributed by atoms with Gasteiger partial charge in [0, 0.05) is 30.2 Å². The molecule has 0 aliphatic heterocycles. The highest BCUT2D eigenvalue weighted by Gasteiger charge is 2.11. The maximum absolute atomic E-state index is 5.38. The molecule has 0 amide bonds. The number of nitrogens with one attached hydrogen (secondary N) is 1. The molecule has 0 saturated heterocycles. The first-order valence-corrected chi connectivity index (χ1v) is 7.49. The molecule has 2 aromatic rings. The summed E-state index contributed by atoms with van der Waals surface area (Å²) < 4.78 is 10.7. The number of methoxy groups -OCH3 is 2. The van der Waals surface area contributed by atoms with E-state index >= 15 is 0 Å². The molecule has 0 unspecified atom stereocenters. The van der Waals surface area contributed by atoms with Gasteiger partial charge in [-0.25, -0.2) is 0 Å². The van der Waals surface area contributed by atoms with Gasteiger partial charge in [0.15, 0.2) is 11.5 Å². The van der Waals surface area contributed by atoms with Crippen molar-refractivity contribution >= 4 is 11.3 Å². The van der Waals surface area contributed by atoms with Crippen LogP contribution in [0.4, 0.5) is 0 Å². The van der Waals surface area contributed by atoms with E-state index in [2.05, 4.69) is 28.7 Å². The standard InChI is InChI=1S/C15H20N2O2S/c1-4-11-6-8-20-14(11)10-16-9-12-15(19-3)13(18-2)5-7-17-12/h5-8,16H,4,9-10H2,1-3H3. The molecule has 5 heteroatoms. The Labute approximate surface area is 123 Å². The predicted octanol–water partition coefficient (Wildman–Crippen LogP) is 3.01. The van der Waals surface area contributed by atoms with Gasteiger partial charge in [-0.1, -0.05) is 6.92 Å². The molecule has 0 atom stereocenters. The number of hydrogen-bond acceptors (Lipinski definition) is 5. The first-order valence-electron chi connectivity index (χ1n) is 6.62. The molecule has 0 aliphatic rings. The Balaban J connectivity index is 2.01. The second-order valence-corrected chi connectivity index (χ2v) is 5.32. The van der Waals surface area contributed by atoms with Crippen LogP contribution in [0.15, 0.2) is 23.7 Å². The highest BCUT2D eigenvalue weighted by Crippen LogP contribution is 2.28. The maximum atomic E-state index is 5.38. The molecule has 0 spiro atoms. The summed E-state index contributed by atoms with van der Waals surface area (Å²) in [5.74, 6) is 1.41. The Kier molecular flexibility index (Phi) is 5.38. The summed E-state index contributed by atoms with van der Waals surface area (Å²) in [5.41, 5.74) is 2.27. The average Bonchev–Trinajstić information content (AvgIpc) is 2.94. The highest BCUT2D eigenvalue weighted by molar-refractivity contribution is 7.10. The van der Waals surface area contributed by atoms with Crippen molar-refractivity contribution < 1.29 is 9.47 Å². The van der Waals surface area contributed by atoms with E-state index in [1.54, 1.807) is 37.8 Å². The topological polar surface area (TPSA) is 43.4 Å². The number of nitrogens with zero attached hydrogens (tertiary/aromatic N) is 1. The summed E-state index contributed by atoms with van der Waals surface area (Å²) in [4.78, 5) is 5.74. The van der Waals surface area contributed by atoms with E-state index < -0.39 is 0 Å². The van der Waals surface area contributed by atoms with Gasteiger partial charge in [0.05, 0.1) is 19.9 Å². The van der Waals surface area contributed by atoms with Crippen LogP contribution >= 0.6 is 11.3 Å². The largest absolute Gasteiger partial charge is 0.493 e. The minimum atomic E-state index is 0.654. The quantitative estimate of drug-likeness (QED) is 0.852. The summed E-state index contributed by atoms with van der Waals surface area (Å²) >= 11 is 1.79. The molecule has 4 nitrogen and oxygen atoms in total. The smallest absolute Gasteiger partial charge is 0.183 e. The zero-order valence-corrected chi connectivity index (χ0v) is 12.9. The van der Waals surface area contributed by atoms with Crippen LogP contribution in [0.5, 0.6) is 11.5 Å². The van der Waals surface area contributed by atoms with E-state index in [0.717, 1.165) is 18.7 Å². The first kappa shape index (κ1) is 14.8. The molecule has 2 rings (SSSR count). The van der Waals surface area contributed by atoms with Crippen LogP contribution in [-0.2, 0) is 19.5 Å². The average molecular weight is 292 g/mol. The van der Waals surface area contributed by atoms with Crippen LogP contribution in [-0.4, -0.2) is 19.2 Å². The van der Waals surface area contributed by atoms with Gasteiger partial charge in [0.25, 0.3) is 0 Å². The lowest BCUT2D eigenvalue weighted by molar-refractivity contribution is 0.348. The van der Waals surface area contributed by atoms with Crippen LogP contribution in [0, 0.1) is 0 Å². The molecule has 0 fully saturated rings. The fraction of sp³-hybridized carbons (Fsp3) is 0.400. The Morgan fingerprint density at radius 3 is 2.75 bits per heavy atom. The Morgan fingerprint density at radius 1 is 1.20 bits per heavy atom. The van der Waals surface area contributed by atoms with E-state index in [-0.39, 0.29) is 0 Å². The molecular formula is C15H20N2O2S. The fourth-order valence-corrected chi connectivity index (χ4v) is 3.05. The van der Waals surface area contributed by atoms with Crippen LogP contribution in [0.25, 0.3) is 0 Å². The minimum absolute atomic E-state index is 0.654. The molecule has 0 radical (unpaired) electrons. The predicted molar refractivity (Wildman–Crippen MR) is 81.6 cm³/mol. The van der Waals surface area contributed by atoms with E-state index in [0.29, 0.717) is 18.0 Å². The molecule has 2 heterocycles. The zero-order valence-electron chi connectivity index (χ0n) is 12.1. The Bertz CT molecular complexity index is 555. The number of hydrogen-bond donors (Lipinski definition) is 1. The first-order chi connectivity index (χ1) is 9.80. The van der Waals surface area contributed by atoms with Gasteiger partial charge in [-0.15, -0.1) is 11.3 Å². The van der Waals surface area contributed by atoms with E-state index in [9.17, 15) is 0 Å². The van der Waals surface area contributed by atoms with Crippen molar-refractivity contribution in [2.45, 2.75) is 26.4 Å². The van der Waals surface area contributed by atoms with Crippen molar-refractivity contribution in [3.8, 4) is 11.5 Å². The van der Waals surface area contributed by atoms with Gasteiger partial charge in [-0.3, -0.25) is 4.98 Å². The third-order valence-corrected chi connectivity index (χ3v) is 4.13. The number of ether oxygens (including phenoxy) is 2. The lowest BCUT2D eigenvalue weighted by atomic mass is 10.2. The number of rotatable bonds is 7. The molecule has 0 bridgehead atoms. The summed E-state index contributed by atoms with van der Waals surface area (Å²) in [6.07, 6.45) is 2.81. The lowest BCUT2D eigenvalue weighted by Gasteiger charge is -2.12. The van der Waals surface area contributed by atoms with E-state index in [1.165, 1.54) is 10.4 Å². The van der Waals surface area contributed by atoms with Gasteiger partial charge >= 0.3 is 0 Å². The normalized spacial score (nSPS) is 10.6. The van der Waals surface area contributed by atoms with Gasteiger partial charge < -0.3 is 14.8 Å². The van der Waals surface area contributed by atoms with Crippen molar-refractivity contribution in [2.75, 3.05) is 14.2 Å². The third kappa shape index (κ3) is 3.29. The van der Waals surface area contributed by atoms with E-state index in [1.807, 2.05) is 0 Å². The van der Waals surface area contributed by atoms with Crippen molar-refractivity contribution in [3.05, 3.63) is 39.8 Å². The summed E-state index contributed by atoms with van der Waals surface area (Å²) in [5, 5.41) is 5.56. The lowest BCUT2D eigenvalue weighted by Crippen LogP contribution is -2.14. The third-order valence-electron chi connectivity index (χ3n) is 3.16. The number of aromatic nitrogens is 1. The van der Waals surface area contributed by atoms with Crippen LogP contribution in [0.2, 0.25) is 0 Å². The second kappa shape index (κ2) is 7.26. The summed E-state index contributed by atoms with van der Waals surface area (Å²) in [6, 6.07) is 3.99. The van der Waals surface area contributed by atoms with Gasteiger partial charge in [-0.05, 0) is 23.4 Å². The molecular weight excluding hydrogens is 272 g/mol. The summed E-state index contributed by atoms with van der Waals surface area (Å²) in [6.45, 7) is 3.68. The Morgan fingerprint density at radius 2 is 2.05 bits per heavy atom. The van der Waals surface area contributed by atoms with Crippen molar-refractivity contribution in [2.24, 2.45) is 0 Å². The molecule has 1 N–H and O–H groups in total. The van der Waals surface area contributed by atoms with Crippen LogP contribution in [0.3, 0.4) is 0 Å². The Hall–Kier alpha value is -1.59. The minimum Gasteiger partial charge on any atom is -0.493 e. The molecule has 0 aliphatic carbocycles. The SMILES string of the molecule is CCc1ccsc1CNCc1nccc(OC)c1OC. The highest BCUT2D eigenvalue weighted by atomic mass is 32.1. The monoisotopic (exact) mass is 292 g/mol. The van der Waals surface area contributed by atoms with Crippen molar-refractivity contribution in [1.29, 1.82) is 0 Å². The van der Waals surface area contributed by atoms with Crippen molar-refractivity contribution in [1.82, 2.24) is 10.3 Å². The maximum Gasteiger partial charge on any atom is 0.183 e. The van der Waals surface area contributed by atoms with Crippen LogP contribution in [0.1, 0.15) is 23.1 Å². The number of thiophene rings is 1. The van der Waals surface area contributed by atoms with Crippen molar-refractivity contribution in [3.63, 3.8) is 0 Å². The molecule has 108 valence electrons. The van der Waals surface area contributed by atoms with Gasteiger partial charge in [0.1, 0.15) is 0 Å². The number of aryl methyl sites for hydroxylation is 1. The fourth-order valence-electron chi connectivity index (χ4n) is 2.11. The van der Waals surface area contributed by atoms with Crippen LogP contribution < -0.4 is 14.8 Å². The molecule has 20 heavy (non-hydrogen) atoms. The zero-order chi connectivity index (χ0) is 14.4. The van der Waals surface area contributed by atoms with Gasteiger partial charge in [-0.2, -0.15) is 0 Å². The molecule has 0 aromatic carbocycles. The van der Waals surface area contributed by atoms with Gasteiger partial charge in [0.2, 0.25) is 0 Å². The number of pyridine rings is 1. The second-order valence-electron chi connectivity index (χ2n) is 4.32.